The molecule has 3 heterocycles. The predicted octanol–water partition coefficient (Wildman–Crippen LogP) is 6.15. The van der Waals surface area contributed by atoms with Gasteiger partial charge in [0.25, 0.3) is 0 Å². The van der Waals surface area contributed by atoms with Gasteiger partial charge < -0.3 is 9.13 Å². The highest BCUT2D eigenvalue weighted by Crippen LogP contribution is 2.35. The van der Waals surface area contributed by atoms with Gasteiger partial charge >= 0.3 is 6.18 Å². The number of hydrogen-bond acceptors (Lipinski definition) is 3. The molecule has 2 aromatic heterocycles. The summed E-state index contributed by atoms with van der Waals surface area (Å²) in [6.07, 6.45) is 1.21. The number of fused-ring (bicyclic) bond motifs is 1. The van der Waals surface area contributed by atoms with E-state index >= 15 is 0 Å². The first kappa shape index (κ1) is 22.2. The largest absolute Gasteiger partial charge is 0.416 e. The molecule has 0 amide bonds. The second kappa shape index (κ2) is 8.47. The van der Waals surface area contributed by atoms with Gasteiger partial charge in [-0.1, -0.05) is 18.0 Å². The third-order valence-corrected chi connectivity index (χ3v) is 6.07. The number of aryl methyl sites for hydroxylation is 2. The first-order chi connectivity index (χ1) is 15.2. The quantitative estimate of drug-likeness (QED) is 0.441. The number of nitrogens with zero attached hydrogens (tertiary/aromatic N) is 5. The van der Waals surface area contributed by atoms with Gasteiger partial charge in [-0.05, 0) is 62.6 Å². The number of hydrogen-bond donors (Lipinski definition) is 0. The molecule has 1 aromatic carbocycles. The average molecular weight is 460 g/mol. The van der Waals surface area contributed by atoms with E-state index in [4.69, 9.17) is 11.6 Å². The summed E-state index contributed by atoms with van der Waals surface area (Å²) in [6, 6.07) is 7.29. The van der Waals surface area contributed by atoms with Crippen LogP contribution in [0.1, 0.15) is 53.4 Å². The van der Waals surface area contributed by atoms with E-state index in [0.29, 0.717) is 28.3 Å². The SMILES string of the molecule is Cc1cc(/C=C(\C#N)c2nnc3n2CCCCC3)c(C)n1-c1cc(C(F)(F)F)ccc1Cl. The van der Waals surface area contributed by atoms with Crippen molar-refractivity contribution in [1.29, 1.82) is 5.26 Å². The van der Waals surface area contributed by atoms with E-state index in [1.54, 1.807) is 24.5 Å². The molecule has 0 radical (unpaired) electrons. The minimum Gasteiger partial charge on any atom is -0.316 e. The Morgan fingerprint density at radius 1 is 1.16 bits per heavy atom. The van der Waals surface area contributed by atoms with Crippen LogP contribution < -0.4 is 0 Å². The van der Waals surface area contributed by atoms with Crippen LogP contribution >= 0.6 is 11.6 Å². The number of rotatable bonds is 3. The van der Waals surface area contributed by atoms with Gasteiger partial charge in [0, 0.05) is 24.4 Å². The monoisotopic (exact) mass is 459 g/mol. The van der Waals surface area contributed by atoms with Gasteiger partial charge in [-0.2, -0.15) is 18.4 Å². The summed E-state index contributed by atoms with van der Waals surface area (Å²) in [5.41, 5.74) is 1.91. The Labute approximate surface area is 188 Å². The standard InChI is InChI=1S/C23H21ClF3N5/c1-14-10-16(11-17(13-28)22-30-29-21-6-4-3-5-9-31(21)22)15(2)32(14)20-12-18(23(25,26)27)7-8-19(20)24/h7-8,10-12H,3-6,9H2,1-2H3/b17-11+. The van der Waals surface area contributed by atoms with Crippen molar-refractivity contribution in [3.63, 3.8) is 0 Å². The highest BCUT2D eigenvalue weighted by atomic mass is 35.5. The summed E-state index contributed by atoms with van der Waals surface area (Å²) in [5.74, 6) is 1.39. The van der Waals surface area contributed by atoms with Crippen LogP contribution in [0.15, 0.2) is 24.3 Å². The number of aromatic nitrogens is 4. The molecule has 1 aliphatic heterocycles. The van der Waals surface area contributed by atoms with Gasteiger partial charge in [-0.25, -0.2) is 0 Å². The van der Waals surface area contributed by atoms with Crippen molar-refractivity contribution in [2.24, 2.45) is 0 Å². The summed E-state index contributed by atoms with van der Waals surface area (Å²) in [4.78, 5) is 0. The zero-order chi connectivity index (χ0) is 23.0. The molecule has 0 bridgehead atoms. The maximum atomic E-state index is 13.3. The van der Waals surface area contributed by atoms with Crippen molar-refractivity contribution in [3.8, 4) is 11.8 Å². The molecule has 0 unspecified atom stereocenters. The summed E-state index contributed by atoms with van der Waals surface area (Å²) in [7, 11) is 0. The summed E-state index contributed by atoms with van der Waals surface area (Å²) in [5, 5.41) is 18.5. The van der Waals surface area contributed by atoms with Crippen LogP contribution in [0, 0.1) is 25.2 Å². The van der Waals surface area contributed by atoms with Crippen molar-refractivity contribution in [2.75, 3.05) is 0 Å². The average Bonchev–Trinajstić information content (AvgIpc) is 3.15. The normalized spacial score (nSPS) is 14.7. The molecule has 32 heavy (non-hydrogen) atoms. The lowest BCUT2D eigenvalue weighted by molar-refractivity contribution is -0.137. The van der Waals surface area contributed by atoms with E-state index < -0.39 is 11.7 Å². The lowest BCUT2D eigenvalue weighted by atomic mass is 10.1. The fourth-order valence-corrected chi connectivity index (χ4v) is 4.35. The third kappa shape index (κ3) is 4.05. The van der Waals surface area contributed by atoms with Gasteiger partial charge in [0.2, 0.25) is 0 Å². The first-order valence-electron chi connectivity index (χ1n) is 10.3. The number of allylic oxidation sites excluding steroid dienone is 1. The lowest BCUT2D eigenvalue weighted by Crippen LogP contribution is -2.08. The van der Waals surface area contributed by atoms with E-state index in [-0.39, 0.29) is 10.7 Å². The smallest absolute Gasteiger partial charge is 0.316 e. The molecule has 1 aliphatic rings. The molecular formula is C23H21ClF3N5. The molecule has 4 rings (SSSR count). The molecule has 166 valence electrons. The van der Waals surface area contributed by atoms with E-state index in [9.17, 15) is 18.4 Å². The summed E-state index contributed by atoms with van der Waals surface area (Å²) < 4.78 is 43.4. The highest BCUT2D eigenvalue weighted by molar-refractivity contribution is 6.32. The molecule has 5 nitrogen and oxygen atoms in total. The second-order valence-electron chi connectivity index (χ2n) is 7.90. The number of benzene rings is 1. The van der Waals surface area contributed by atoms with Crippen molar-refractivity contribution < 1.29 is 13.2 Å². The van der Waals surface area contributed by atoms with Crippen LogP contribution in [-0.4, -0.2) is 19.3 Å². The van der Waals surface area contributed by atoms with Gasteiger partial charge in [0.1, 0.15) is 11.9 Å². The van der Waals surface area contributed by atoms with Crippen molar-refractivity contribution in [3.05, 3.63) is 63.5 Å². The van der Waals surface area contributed by atoms with Crippen LogP contribution in [0.3, 0.4) is 0 Å². The zero-order valence-electron chi connectivity index (χ0n) is 17.7. The van der Waals surface area contributed by atoms with Crippen LogP contribution in [-0.2, 0) is 19.1 Å². The van der Waals surface area contributed by atoms with Gasteiger partial charge in [0.05, 0.1) is 21.8 Å². The first-order valence-corrected chi connectivity index (χ1v) is 10.7. The molecule has 0 spiro atoms. The van der Waals surface area contributed by atoms with E-state index in [2.05, 4.69) is 16.3 Å². The highest BCUT2D eigenvalue weighted by Gasteiger charge is 2.31. The maximum Gasteiger partial charge on any atom is 0.416 e. The van der Waals surface area contributed by atoms with E-state index in [1.807, 2.05) is 10.6 Å². The summed E-state index contributed by atoms with van der Waals surface area (Å²) >= 11 is 6.27. The minimum absolute atomic E-state index is 0.207. The Kier molecular flexibility index (Phi) is 5.87. The molecule has 0 fully saturated rings. The Balaban J connectivity index is 1.80. The van der Waals surface area contributed by atoms with Crippen LogP contribution in [0.25, 0.3) is 17.3 Å². The zero-order valence-corrected chi connectivity index (χ0v) is 18.4. The molecule has 9 heteroatoms. The Morgan fingerprint density at radius 2 is 1.94 bits per heavy atom. The molecular weight excluding hydrogens is 439 g/mol. The second-order valence-corrected chi connectivity index (χ2v) is 8.30. The fraction of sp³-hybridized carbons (Fsp3) is 0.348. The Hall–Kier alpha value is -3.05. The third-order valence-electron chi connectivity index (χ3n) is 5.76. The van der Waals surface area contributed by atoms with Gasteiger partial charge in [-0.3, -0.25) is 0 Å². The van der Waals surface area contributed by atoms with E-state index in [1.165, 1.54) is 6.07 Å². The Morgan fingerprint density at radius 3 is 2.66 bits per heavy atom. The van der Waals surface area contributed by atoms with Gasteiger partial charge in [-0.15, -0.1) is 10.2 Å². The number of alkyl halides is 3. The van der Waals surface area contributed by atoms with Crippen LogP contribution in [0.4, 0.5) is 13.2 Å². The van der Waals surface area contributed by atoms with Crippen molar-refractivity contribution >= 4 is 23.3 Å². The fourth-order valence-electron chi connectivity index (χ4n) is 4.15. The van der Waals surface area contributed by atoms with E-state index in [0.717, 1.165) is 50.2 Å². The minimum atomic E-state index is -4.48. The van der Waals surface area contributed by atoms with Crippen LogP contribution in [0.5, 0.6) is 0 Å². The molecule has 3 aromatic rings. The predicted molar refractivity (Wildman–Crippen MR) is 116 cm³/mol. The summed E-state index contributed by atoms with van der Waals surface area (Å²) in [6.45, 7) is 4.33. The van der Waals surface area contributed by atoms with Crippen LogP contribution in [0.2, 0.25) is 5.02 Å². The number of halogens is 4. The van der Waals surface area contributed by atoms with Gasteiger partial charge in [0.15, 0.2) is 5.82 Å². The van der Waals surface area contributed by atoms with Crippen molar-refractivity contribution in [2.45, 2.75) is 52.3 Å². The lowest BCUT2D eigenvalue weighted by Gasteiger charge is -2.15. The Bertz CT molecular complexity index is 1240. The maximum absolute atomic E-state index is 13.3. The molecule has 0 aliphatic carbocycles. The molecule has 0 atom stereocenters. The molecule has 0 saturated carbocycles. The molecule has 0 saturated heterocycles. The number of nitriles is 1. The molecule has 0 N–H and O–H groups in total. The topological polar surface area (TPSA) is 59.4 Å². The van der Waals surface area contributed by atoms with Crippen molar-refractivity contribution in [1.82, 2.24) is 19.3 Å².